The Bertz CT molecular complexity index is 475. The maximum absolute atomic E-state index is 13.4. The number of carboxylic acid groups (broad SMARTS) is 1. The van der Waals surface area contributed by atoms with Crippen molar-refractivity contribution >= 4 is 5.97 Å². The number of alkyl halides is 1. The van der Waals surface area contributed by atoms with Crippen molar-refractivity contribution in [3.05, 3.63) is 23.3 Å². The third-order valence-corrected chi connectivity index (χ3v) is 2.75. The van der Waals surface area contributed by atoms with E-state index in [0.717, 1.165) is 0 Å². The maximum Gasteiger partial charge on any atom is 0.325 e. The van der Waals surface area contributed by atoms with Gasteiger partial charge >= 0.3 is 5.97 Å². The van der Waals surface area contributed by atoms with Gasteiger partial charge in [-0.05, 0) is 24.6 Å². The van der Waals surface area contributed by atoms with Gasteiger partial charge in [0.25, 0.3) is 0 Å². The lowest BCUT2D eigenvalue weighted by Gasteiger charge is -2.23. The molecule has 1 heterocycles. The van der Waals surface area contributed by atoms with Crippen LogP contribution in [0.2, 0.25) is 0 Å². The molecule has 2 atom stereocenters. The van der Waals surface area contributed by atoms with E-state index in [1.807, 2.05) is 0 Å². The summed E-state index contributed by atoms with van der Waals surface area (Å²) in [6, 6.07) is 1.66. The van der Waals surface area contributed by atoms with Crippen LogP contribution in [-0.2, 0) is 4.79 Å². The molecule has 2 rings (SSSR count). The fourth-order valence-electron chi connectivity index (χ4n) is 1.80. The molecule has 2 unspecified atom stereocenters. The van der Waals surface area contributed by atoms with Gasteiger partial charge in [-0.15, -0.1) is 0 Å². The first kappa shape index (κ1) is 12.6. The van der Waals surface area contributed by atoms with Crippen molar-refractivity contribution in [2.24, 2.45) is 5.73 Å². The van der Waals surface area contributed by atoms with Crippen LogP contribution in [0.15, 0.2) is 12.1 Å². The zero-order valence-electron chi connectivity index (χ0n) is 9.85. The zero-order chi connectivity index (χ0) is 13.3. The lowest BCUT2D eigenvalue weighted by atomic mass is 10.00. The first-order chi connectivity index (χ1) is 8.50. The van der Waals surface area contributed by atoms with E-state index in [0.29, 0.717) is 30.3 Å². The van der Waals surface area contributed by atoms with Crippen molar-refractivity contribution in [3.63, 3.8) is 0 Å². The molecule has 0 radical (unpaired) electrons. The molecule has 0 aromatic heterocycles. The summed E-state index contributed by atoms with van der Waals surface area (Å²) in [7, 11) is 0. The highest BCUT2D eigenvalue weighted by molar-refractivity contribution is 5.77. The molecule has 6 heteroatoms. The van der Waals surface area contributed by atoms with E-state index in [1.54, 1.807) is 0 Å². The van der Waals surface area contributed by atoms with Crippen molar-refractivity contribution in [2.45, 2.75) is 19.1 Å². The lowest BCUT2D eigenvalue weighted by molar-refractivity contribution is -0.138. The van der Waals surface area contributed by atoms with Gasteiger partial charge in [-0.1, -0.05) is 0 Å². The largest absolute Gasteiger partial charge is 0.486 e. The first-order valence-electron chi connectivity index (χ1n) is 5.56. The molecule has 98 valence electrons. The maximum atomic E-state index is 13.4. The molecule has 0 saturated heterocycles. The van der Waals surface area contributed by atoms with Gasteiger partial charge in [-0.2, -0.15) is 0 Å². The summed E-state index contributed by atoms with van der Waals surface area (Å²) in [5.74, 6) is -0.564. The minimum Gasteiger partial charge on any atom is -0.486 e. The minimum atomic E-state index is -1.26. The number of carboxylic acids is 1. The van der Waals surface area contributed by atoms with Gasteiger partial charge in [0.05, 0.1) is 0 Å². The molecule has 0 saturated carbocycles. The second-order valence-electron chi connectivity index (χ2n) is 4.07. The number of nitrogens with two attached hydrogens (primary N) is 1. The number of hydrogen-bond acceptors (Lipinski definition) is 4. The number of halogens is 1. The predicted molar refractivity (Wildman–Crippen MR) is 61.5 cm³/mol. The van der Waals surface area contributed by atoms with Gasteiger partial charge < -0.3 is 20.3 Å². The number of hydrogen-bond donors (Lipinski definition) is 2. The van der Waals surface area contributed by atoms with E-state index in [-0.39, 0.29) is 5.56 Å². The monoisotopic (exact) mass is 255 g/mol. The Morgan fingerprint density at radius 3 is 2.72 bits per heavy atom. The first-order valence-corrected chi connectivity index (χ1v) is 5.56. The summed E-state index contributed by atoms with van der Waals surface area (Å²) in [4.78, 5) is 11.0. The van der Waals surface area contributed by atoms with Crippen LogP contribution >= 0.6 is 0 Å². The van der Waals surface area contributed by atoms with E-state index in [1.165, 1.54) is 19.1 Å². The Labute approximate surface area is 103 Å². The highest BCUT2D eigenvalue weighted by Crippen LogP contribution is 2.39. The van der Waals surface area contributed by atoms with E-state index in [2.05, 4.69) is 0 Å². The minimum absolute atomic E-state index is 0.235. The van der Waals surface area contributed by atoms with Crippen LogP contribution in [0.4, 0.5) is 4.39 Å². The van der Waals surface area contributed by atoms with Gasteiger partial charge in [-0.25, -0.2) is 4.39 Å². The highest BCUT2D eigenvalue weighted by atomic mass is 19.1. The second-order valence-corrected chi connectivity index (χ2v) is 4.07. The van der Waals surface area contributed by atoms with Gasteiger partial charge in [0, 0.05) is 5.56 Å². The molecule has 0 bridgehead atoms. The van der Waals surface area contributed by atoms with Crippen LogP contribution in [0.3, 0.4) is 0 Å². The van der Waals surface area contributed by atoms with Crippen LogP contribution in [0.25, 0.3) is 0 Å². The normalized spacial score (nSPS) is 17.1. The third-order valence-electron chi connectivity index (χ3n) is 2.75. The van der Waals surface area contributed by atoms with E-state index in [4.69, 9.17) is 20.3 Å². The molecule has 0 spiro atoms. The van der Waals surface area contributed by atoms with Crippen LogP contribution in [-0.4, -0.2) is 24.3 Å². The van der Waals surface area contributed by atoms with Gasteiger partial charge in [0.15, 0.2) is 11.5 Å². The third kappa shape index (κ3) is 2.24. The van der Waals surface area contributed by atoms with Crippen LogP contribution in [0.1, 0.15) is 30.3 Å². The molecule has 0 amide bonds. The zero-order valence-corrected chi connectivity index (χ0v) is 9.85. The Kier molecular flexibility index (Phi) is 3.38. The van der Waals surface area contributed by atoms with Crippen LogP contribution < -0.4 is 15.2 Å². The summed E-state index contributed by atoms with van der Waals surface area (Å²) in [6.07, 6.45) is -1.24. The smallest absolute Gasteiger partial charge is 0.325 e. The molecule has 1 aliphatic heterocycles. The van der Waals surface area contributed by atoms with Crippen LogP contribution in [0.5, 0.6) is 11.5 Å². The summed E-state index contributed by atoms with van der Waals surface area (Å²) >= 11 is 0. The molecule has 0 fully saturated rings. The quantitative estimate of drug-likeness (QED) is 0.856. The molecular formula is C12H14FNO4. The van der Waals surface area contributed by atoms with Gasteiger partial charge in [-0.3, -0.25) is 4.79 Å². The lowest BCUT2D eigenvalue weighted by Crippen LogP contribution is -2.24. The number of fused-ring (bicyclic) bond motifs is 1. The predicted octanol–water partition coefficient (Wildman–Crippen LogP) is 1.57. The Morgan fingerprint density at radius 1 is 1.44 bits per heavy atom. The SMILES string of the molecule is CC(F)c1cc2c(c(C(N)C(=O)O)c1)OCCO2. The topological polar surface area (TPSA) is 81.8 Å². The average molecular weight is 255 g/mol. The Morgan fingerprint density at radius 2 is 2.11 bits per heavy atom. The summed E-state index contributed by atoms with van der Waals surface area (Å²) in [5, 5.41) is 8.95. The van der Waals surface area contributed by atoms with Gasteiger partial charge in [0.2, 0.25) is 0 Å². The van der Waals surface area contributed by atoms with E-state index < -0.39 is 18.2 Å². The van der Waals surface area contributed by atoms with Crippen molar-refractivity contribution in [1.29, 1.82) is 0 Å². The Balaban J connectivity index is 2.54. The molecule has 18 heavy (non-hydrogen) atoms. The molecule has 1 aromatic rings. The molecule has 1 aromatic carbocycles. The van der Waals surface area contributed by atoms with E-state index in [9.17, 15) is 9.18 Å². The molecule has 0 aliphatic carbocycles. The summed E-state index contributed by atoms with van der Waals surface area (Å²) in [5.41, 5.74) is 6.13. The second kappa shape index (κ2) is 4.81. The highest BCUT2D eigenvalue weighted by Gasteiger charge is 2.26. The van der Waals surface area contributed by atoms with E-state index >= 15 is 0 Å². The summed E-state index contributed by atoms with van der Waals surface area (Å²) in [6.45, 7) is 2.03. The van der Waals surface area contributed by atoms with Crippen molar-refractivity contribution in [1.82, 2.24) is 0 Å². The molecule has 3 N–H and O–H groups in total. The fraction of sp³-hybridized carbons (Fsp3) is 0.417. The van der Waals surface area contributed by atoms with Crippen molar-refractivity contribution in [2.75, 3.05) is 13.2 Å². The van der Waals surface area contributed by atoms with Crippen LogP contribution in [0, 0.1) is 0 Å². The fourth-order valence-corrected chi connectivity index (χ4v) is 1.80. The average Bonchev–Trinajstić information content (AvgIpc) is 2.36. The van der Waals surface area contributed by atoms with Gasteiger partial charge in [0.1, 0.15) is 25.4 Å². The molecular weight excluding hydrogens is 241 g/mol. The summed E-state index contributed by atoms with van der Waals surface area (Å²) < 4.78 is 24.1. The number of benzene rings is 1. The molecule has 5 nitrogen and oxygen atoms in total. The Hall–Kier alpha value is -1.82. The molecule has 1 aliphatic rings. The number of aliphatic carboxylic acids is 1. The standard InChI is InChI=1S/C12H14FNO4/c1-6(13)7-4-8(10(14)12(15)16)11-9(5-7)17-2-3-18-11/h4-6,10H,2-3,14H2,1H3,(H,15,16). The number of rotatable bonds is 3. The number of ether oxygens (including phenoxy) is 2. The van der Waals surface area contributed by atoms with Crippen molar-refractivity contribution in [3.8, 4) is 11.5 Å². The number of carbonyl (C=O) groups is 1. The van der Waals surface area contributed by atoms with Crippen molar-refractivity contribution < 1.29 is 23.8 Å².